The van der Waals surface area contributed by atoms with Crippen LogP contribution in [0.2, 0.25) is 0 Å². The topological polar surface area (TPSA) is 85.0 Å². The Balaban J connectivity index is 2.15. The van der Waals surface area contributed by atoms with Crippen LogP contribution in [0.5, 0.6) is 0 Å². The van der Waals surface area contributed by atoms with Crippen LogP contribution in [0.1, 0.15) is 33.1 Å². The van der Waals surface area contributed by atoms with Gasteiger partial charge in [0.1, 0.15) is 0 Å². The molecule has 0 aliphatic heterocycles. The van der Waals surface area contributed by atoms with Gasteiger partial charge in [-0.05, 0) is 33.1 Å². The maximum absolute atomic E-state index is 12.2. The molecule has 1 saturated carbocycles. The minimum Gasteiger partial charge on any atom is -0.389 e. The molecule has 0 bridgehead atoms. The van der Waals surface area contributed by atoms with Gasteiger partial charge in [0.05, 0.1) is 32.0 Å². The molecule has 1 aliphatic rings. The Labute approximate surface area is 127 Å². The molecule has 0 aromatic rings. The molecule has 0 spiro atoms. The van der Waals surface area contributed by atoms with E-state index >= 15 is 0 Å². The smallest absolute Gasteiger partial charge is 0.225 e. The molecular weight excluding hydrogens is 272 g/mol. The molecule has 1 fully saturated rings. The number of carbonyl (C=O) groups excluding carboxylic acids is 1. The summed E-state index contributed by atoms with van der Waals surface area (Å²) < 4.78 is 10.7. The standard InChI is InChI=1S/C15H30N2O4/c1-11(2)21-7-6-20-10-14(18)9-17(3)15(19)12-4-5-13(16)8-12/h11-14,18H,4-10,16H2,1-3H3. The summed E-state index contributed by atoms with van der Waals surface area (Å²) in [6.07, 6.45) is 2.02. The molecule has 3 atom stereocenters. The van der Waals surface area contributed by atoms with Gasteiger partial charge in [0.25, 0.3) is 0 Å². The molecule has 0 saturated heterocycles. The number of amides is 1. The number of hydrogen-bond acceptors (Lipinski definition) is 5. The van der Waals surface area contributed by atoms with E-state index in [0.717, 1.165) is 19.3 Å². The van der Waals surface area contributed by atoms with E-state index in [4.69, 9.17) is 15.2 Å². The number of hydrogen-bond donors (Lipinski definition) is 2. The lowest BCUT2D eigenvalue weighted by atomic mass is 10.1. The van der Waals surface area contributed by atoms with E-state index in [0.29, 0.717) is 13.2 Å². The minimum absolute atomic E-state index is 0.0116. The minimum atomic E-state index is -0.673. The molecular formula is C15H30N2O4. The van der Waals surface area contributed by atoms with Gasteiger partial charge in [0.15, 0.2) is 0 Å². The number of nitrogens with zero attached hydrogens (tertiary/aromatic N) is 1. The lowest BCUT2D eigenvalue weighted by molar-refractivity contribution is -0.135. The zero-order valence-corrected chi connectivity index (χ0v) is 13.5. The van der Waals surface area contributed by atoms with Crippen molar-refractivity contribution >= 4 is 5.91 Å². The highest BCUT2D eigenvalue weighted by Crippen LogP contribution is 2.25. The Hall–Kier alpha value is -0.690. The number of aliphatic hydroxyl groups excluding tert-OH is 1. The number of ether oxygens (including phenoxy) is 2. The summed E-state index contributed by atoms with van der Waals surface area (Å²) in [5.74, 6) is 0.0858. The lowest BCUT2D eigenvalue weighted by Crippen LogP contribution is -2.39. The van der Waals surface area contributed by atoms with Gasteiger partial charge < -0.3 is 25.2 Å². The summed E-state index contributed by atoms with van der Waals surface area (Å²) in [6.45, 7) is 5.39. The highest BCUT2D eigenvalue weighted by atomic mass is 16.5. The van der Waals surface area contributed by atoms with Crippen LogP contribution in [0.3, 0.4) is 0 Å². The summed E-state index contributed by atoms with van der Waals surface area (Å²) in [5.41, 5.74) is 5.83. The molecule has 1 amide bonds. The zero-order chi connectivity index (χ0) is 15.8. The van der Waals surface area contributed by atoms with E-state index in [1.165, 1.54) is 0 Å². The Morgan fingerprint density at radius 1 is 1.38 bits per heavy atom. The van der Waals surface area contributed by atoms with Gasteiger partial charge >= 0.3 is 0 Å². The second-order valence-corrected chi connectivity index (χ2v) is 6.14. The average molecular weight is 302 g/mol. The SMILES string of the molecule is CC(C)OCCOCC(O)CN(C)C(=O)C1CCC(N)C1. The van der Waals surface area contributed by atoms with Crippen LogP contribution >= 0.6 is 0 Å². The second kappa shape index (κ2) is 9.35. The van der Waals surface area contributed by atoms with Crippen molar-refractivity contribution in [1.82, 2.24) is 4.90 Å². The van der Waals surface area contributed by atoms with Gasteiger partial charge in [-0.15, -0.1) is 0 Å². The Morgan fingerprint density at radius 3 is 2.67 bits per heavy atom. The number of aliphatic hydroxyl groups is 1. The predicted octanol–water partition coefficient (Wildman–Crippen LogP) is 0.375. The van der Waals surface area contributed by atoms with Crippen molar-refractivity contribution in [2.24, 2.45) is 11.7 Å². The molecule has 21 heavy (non-hydrogen) atoms. The summed E-state index contributed by atoms with van der Waals surface area (Å²) in [6, 6.07) is 0.140. The molecule has 3 unspecified atom stereocenters. The fourth-order valence-corrected chi connectivity index (χ4v) is 2.57. The van der Waals surface area contributed by atoms with Crippen LogP contribution < -0.4 is 5.73 Å². The summed E-state index contributed by atoms with van der Waals surface area (Å²) in [7, 11) is 1.72. The van der Waals surface area contributed by atoms with Crippen LogP contribution in [-0.2, 0) is 14.3 Å². The van der Waals surface area contributed by atoms with Gasteiger partial charge in [-0.2, -0.15) is 0 Å². The third-order valence-corrected chi connectivity index (χ3v) is 3.67. The van der Waals surface area contributed by atoms with Crippen molar-refractivity contribution in [3.05, 3.63) is 0 Å². The van der Waals surface area contributed by atoms with Crippen molar-refractivity contribution in [3.8, 4) is 0 Å². The van der Waals surface area contributed by atoms with Crippen molar-refractivity contribution in [2.45, 2.75) is 51.4 Å². The fourth-order valence-electron chi connectivity index (χ4n) is 2.57. The summed E-state index contributed by atoms with van der Waals surface area (Å²) in [4.78, 5) is 13.8. The molecule has 124 valence electrons. The Bertz CT molecular complexity index is 312. The maximum Gasteiger partial charge on any atom is 0.225 e. The normalized spacial score (nSPS) is 23.5. The van der Waals surface area contributed by atoms with E-state index in [1.807, 2.05) is 13.8 Å². The summed E-state index contributed by atoms with van der Waals surface area (Å²) in [5, 5.41) is 9.89. The molecule has 0 aromatic heterocycles. The van der Waals surface area contributed by atoms with Gasteiger partial charge in [-0.3, -0.25) is 4.79 Å². The quantitative estimate of drug-likeness (QED) is 0.601. The first kappa shape index (κ1) is 18.4. The number of rotatable bonds is 9. The van der Waals surface area contributed by atoms with Gasteiger partial charge in [-0.1, -0.05) is 0 Å². The van der Waals surface area contributed by atoms with Gasteiger partial charge in [0.2, 0.25) is 5.91 Å². The van der Waals surface area contributed by atoms with Crippen LogP contribution in [0.15, 0.2) is 0 Å². The molecule has 6 heteroatoms. The molecule has 0 heterocycles. The van der Waals surface area contributed by atoms with Crippen LogP contribution in [-0.4, -0.2) is 67.6 Å². The van der Waals surface area contributed by atoms with E-state index in [1.54, 1.807) is 11.9 Å². The van der Waals surface area contributed by atoms with Crippen LogP contribution in [0.4, 0.5) is 0 Å². The number of nitrogens with two attached hydrogens (primary N) is 1. The number of likely N-dealkylation sites (N-methyl/N-ethyl adjacent to an activating group) is 1. The number of carbonyl (C=O) groups is 1. The van der Waals surface area contributed by atoms with Crippen molar-refractivity contribution < 1.29 is 19.4 Å². The van der Waals surface area contributed by atoms with E-state index in [-0.39, 0.29) is 37.1 Å². The fraction of sp³-hybridized carbons (Fsp3) is 0.933. The lowest BCUT2D eigenvalue weighted by Gasteiger charge is -2.23. The van der Waals surface area contributed by atoms with Gasteiger partial charge in [-0.25, -0.2) is 0 Å². The first-order chi connectivity index (χ1) is 9.90. The summed E-state index contributed by atoms with van der Waals surface area (Å²) >= 11 is 0. The molecule has 3 N–H and O–H groups in total. The van der Waals surface area contributed by atoms with Crippen molar-refractivity contribution in [1.29, 1.82) is 0 Å². The molecule has 6 nitrogen and oxygen atoms in total. The molecule has 0 aromatic carbocycles. The third-order valence-electron chi connectivity index (χ3n) is 3.67. The zero-order valence-electron chi connectivity index (χ0n) is 13.5. The van der Waals surface area contributed by atoms with E-state index in [2.05, 4.69) is 0 Å². The van der Waals surface area contributed by atoms with E-state index in [9.17, 15) is 9.90 Å². The van der Waals surface area contributed by atoms with E-state index < -0.39 is 6.10 Å². The third kappa shape index (κ3) is 7.22. The molecule has 1 aliphatic carbocycles. The predicted molar refractivity (Wildman–Crippen MR) is 80.9 cm³/mol. The first-order valence-electron chi connectivity index (χ1n) is 7.78. The average Bonchev–Trinajstić information content (AvgIpc) is 2.83. The second-order valence-electron chi connectivity index (χ2n) is 6.14. The highest BCUT2D eigenvalue weighted by Gasteiger charge is 2.30. The Morgan fingerprint density at radius 2 is 2.10 bits per heavy atom. The first-order valence-corrected chi connectivity index (χ1v) is 7.78. The van der Waals surface area contributed by atoms with Crippen molar-refractivity contribution in [3.63, 3.8) is 0 Å². The highest BCUT2D eigenvalue weighted by molar-refractivity contribution is 5.79. The van der Waals surface area contributed by atoms with Crippen LogP contribution in [0.25, 0.3) is 0 Å². The molecule has 1 rings (SSSR count). The monoisotopic (exact) mass is 302 g/mol. The van der Waals surface area contributed by atoms with Gasteiger partial charge in [0, 0.05) is 25.6 Å². The van der Waals surface area contributed by atoms with Crippen LogP contribution in [0, 0.1) is 5.92 Å². The largest absolute Gasteiger partial charge is 0.389 e. The Kier molecular flexibility index (Phi) is 8.18. The molecule has 0 radical (unpaired) electrons. The van der Waals surface area contributed by atoms with Crippen molar-refractivity contribution in [2.75, 3.05) is 33.4 Å². The maximum atomic E-state index is 12.2.